The highest BCUT2D eigenvalue weighted by molar-refractivity contribution is 7.11. The van der Waals surface area contributed by atoms with E-state index in [-0.39, 0.29) is 5.91 Å². The van der Waals surface area contributed by atoms with Gasteiger partial charge in [-0.05, 0) is 11.6 Å². The Morgan fingerprint density at radius 2 is 2.39 bits per heavy atom. The van der Waals surface area contributed by atoms with E-state index in [1.54, 1.807) is 17.9 Å². The normalized spacial score (nSPS) is 10.7. The van der Waals surface area contributed by atoms with Gasteiger partial charge in [0.05, 0.1) is 11.7 Å². The minimum Gasteiger partial charge on any atom is -0.347 e. The summed E-state index contributed by atoms with van der Waals surface area (Å²) in [5, 5.41) is 2.86. The first-order valence-electron chi connectivity index (χ1n) is 5.41. The molecule has 0 spiro atoms. The molecule has 18 heavy (non-hydrogen) atoms. The minimum absolute atomic E-state index is 0.0942. The van der Waals surface area contributed by atoms with Crippen LogP contribution in [0, 0.1) is 0 Å². The summed E-state index contributed by atoms with van der Waals surface area (Å²) in [5.74, 6) is -0.0942. The van der Waals surface area contributed by atoms with Crippen molar-refractivity contribution in [1.82, 2.24) is 19.7 Å². The van der Waals surface area contributed by atoms with Gasteiger partial charge in [-0.15, -0.1) is 11.3 Å². The maximum atomic E-state index is 11.7. The van der Waals surface area contributed by atoms with Gasteiger partial charge in [0.1, 0.15) is 10.5 Å². The third-order valence-electron chi connectivity index (χ3n) is 2.56. The molecule has 3 heterocycles. The van der Waals surface area contributed by atoms with Crippen LogP contribution >= 0.6 is 11.3 Å². The first kappa shape index (κ1) is 10.9. The molecule has 0 bridgehead atoms. The molecule has 0 unspecified atom stereocenters. The first-order valence-corrected chi connectivity index (χ1v) is 6.29. The van der Waals surface area contributed by atoms with Gasteiger partial charge in [0.25, 0.3) is 5.91 Å². The zero-order valence-corrected chi connectivity index (χ0v) is 10.2. The van der Waals surface area contributed by atoms with E-state index in [2.05, 4.69) is 15.3 Å². The van der Waals surface area contributed by atoms with Crippen LogP contribution in [0.2, 0.25) is 0 Å². The average molecular weight is 258 g/mol. The number of rotatable bonds is 3. The highest BCUT2D eigenvalue weighted by atomic mass is 32.1. The van der Waals surface area contributed by atoms with Crippen LogP contribution < -0.4 is 5.32 Å². The Kier molecular flexibility index (Phi) is 2.77. The van der Waals surface area contributed by atoms with Crippen molar-refractivity contribution in [3.8, 4) is 0 Å². The zero-order chi connectivity index (χ0) is 12.4. The Hall–Kier alpha value is -2.21. The number of hydrogen-bond acceptors (Lipinski definition) is 4. The Bertz CT molecular complexity index is 674. The summed E-state index contributed by atoms with van der Waals surface area (Å²) < 4.78 is 1.92. The van der Waals surface area contributed by atoms with Crippen LogP contribution in [-0.2, 0) is 6.54 Å². The summed E-state index contributed by atoms with van der Waals surface area (Å²) in [7, 11) is 0. The number of amides is 1. The quantitative estimate of drug-likeness (QED) is 0.778. The molecule has 90 valence electrons. The van der Waals surface area contributed by atoms with Crippen LogP contribution in [0.5, 0.6) is 0 Å². The summed E-state index contributed by atoms with van der Waals surface area (Å²) in [4.78, 5) is 20.4. The van der Waals surface area contributed by atoms with Crippen molar-refractivity contribution in [2.24, 2.45) is 0 Å². The first-order chi connectivity index (χ1) is 8.83. The maximum Gasteiger partial charge on any atom is 0.263 e. The third-order valence-corrected chi connectivity index (χ3v) is 3.33. The second-order valence-corrected chi connectivity index (χ2v) is 4.66. The Labute approximate surface area is 107 Å². The Balaban J connectivity index is 1.71. The van der Waals surface area contributed by atoms with E-state index >= 15 is 0 Å². The van der Waals surface area contributed by atoms with Gasteiger partial charge in [0.15, 0.2) is 0 Å². The number of imidazole rings is 1. The zero-order valence-electron chi connectivity index (χ0n) is 9.41. The molecular weight excluding hydrogens is 248 g/mol. The van der Waals surface area contributed by atoms with E-state index in [0.717, 1.165) is 11.2 Å². The van der Waals surface area contributed by atoms with Crippen LogP contribution in [0.1, 0.15) is 15.2 Å². The summed E-state index contributed by atoms with van der Waals surface area (Å²) in [6.07, 6.45) is 7.15. The molecule has 3 aromatic heterocycles. The molecule has 5 nitrogen and oxygen atoms in total. The SMILES string of the molecule is O=C(NCc1ccc2nccn2c1)c1cncs1. The second-order valence-electron chi connectivity index (χ2n) is 3.78. The fraction of sp³-hybridized carbons (Fsp3) is 0.0833. The highest BCUT2D eigenvalue weighted by Gasteiger charge is 2.06. The molecule has 0 aliphatic rings. The molecule has 3 rings (SSSR count). The number of thiazole rings is 1. The molecule has 3 aromatic rings. The molecule has 0 radical (unpaired) electrons. The molecular formula is C12H10N4OS. The van der Waals surface area contributed by atoms with Gasteiger partial charge >= 0.3 is 0 Å². The van der Waals surface area contributed by atoms with Gasteiger partial charge in [-0.25, -0.2) is 4.98 Å². The Morgan fingerprint density at radius 3 is 3.22 bits per heavy atom. The van der Waals surface area contributed by atoms with Crippen molar-refractivity contribution in [2.75, 3.05) is 0 Å². The molecule has 0 aromatic carbocycles. The molecule has 0 aliphatic carbocycles. The standard InChI is InChI=1S/C12H10N4OS/c17-12(10-6-13-8-18-10)15-5-9-1-2-11-14-3-4-16(11)7-9/h1-4,6-8H,5H2,(H,15,17). The van der Waals surface area contributed by atoms with Crippen LogP contribution in [0.4, 0.5) is 0 Å². The van der Waals surface area contributed by atoms with Crippen LogP contribution in [0.25, 0.3) is 5.65 Å². The number of carbonyl (C=O) groups is 1. The molecule has 0 saturated heterocycles. The van der Waals surface area contributed by atoms with E-state index in [1.165, 1.54) is 11.3 Å². The number of carbonyl (C=O) groups excluding carboxylic acids is 1. The maximum absolute atomic E-state index is 11.7. The second kappa shape index (κ2) is 4.58. The van der Waals surface area contributed by atoms with Gasteiger partial charge in [-0.1, -0.05) is 6.07 Å². The summed E-state index contributed by atoms with van der Waals surface area (Å²) in [5.41, 5.74) is 3.57. The number of hydrogen-bond donors (Lipinski definition) is 1. The van der Waals surface area contributed by atoms with Crippen LogP contribution in [-0.4, -0.2) is 20.3 Å². The molecule has 0 atom stereocenters. The lowest BCUT2D eigenvalue weighted by atomic mass is 10.3. The summed E-state index contributed by atoms with van der Waals surface area (Å²) in [6.45, 7) is 0.491. The molecule has 1 amide bonds. The van der Waals surface area contributed by atoms with Crippen molar-refractivity contribution in [3.05, 3.63) is 52.9 Å². The lowest BCUT2D eigenvalue weighted by Crippen LogP contribution is -2.21. The van der Waals surface area contributed by atoms with Crippen molar-refractivity contribution >= 4 is 22.9 Å². The van der Waals surface area contributed by atoms with Gasteiger partial charge < -0.3 is 9.72 Å². The lowest BCUT2D eigenvalue weighted by Gasteiger charge is -2.04. The van der Waals surface area contributed by atoms with Crippen molar-refractivity contribution in [2.45, 2.75) is 6.54 Å². The van der Waals surface area contributed by atoms with Crippen molar-refractivity contribution in [3.63, 3.8) is 0 Å². The highest BCUT2D eigenvalue weighted by Crippen LogP contribution is 2.07. The summed E-state index contributed by atoms with van der Waals surface area (Å²) >= 11 is 1.33. The van der Waals surface area contributed by atoms with E-state index in [4.69, 9.17) is 0 Å². The van der Waals surface area contributed by atoms with E-state index in [0.29, 0.717) is 11.4 Å². The summed E-state index contributed by atoms with van der Waals surface area (Å²) in [6, 6.07) is 3.88. The van der Waals surface area contributed by atoms with E-state index < -0.39 is 0 Å². The Morgan fingerprint density at radius 1 is 1.44 bits per heavy atom. The smallest absolute Gasteiger partial charge is 0.263 e. The average Bonchev–Trinajstić information content (AvgIpc) is 3.05. The topological polar surface area (TPSA) is 59.3 Å². The predicted octanol–water partition coefficient (Wildman–Crippen LogP) is 1.72. The number of nitrogens with zero attached hydrogens (tertiary/aromatic N) is 3. The minimum atomic E-state index is -0.0942. The number of nitrogens with one attached hydrogen (secondary N) is 1. The van der Waals surface area contributed by atoms with Crippen molar-refractivity contribution < 1.29 is 4.79 Å². The van der Waals surface area contributed by atoms with E-state index in [1.807, 2.05) is 28.9 Å². The molecule has 0 fully saturated rings. The fourth-order valence-corrected chi connectivity index (χ4v) is 2.20. The largest absolute Gasteiger partial charge is 0.347 e. The van der Waals surface area contributed by atoms with Crippen molar-refractivity contribution in [1.29, 1.82) is 0 Å². The van der Waals surface area contributed by atoms with E-state index in [9.17, 15) is 4.79 Å². The van der Waals surface area contributed by atoms with Crippen LogP contribution in [0.3, 0.4) is 0 Å². The fourth-order valence-electron chi connectivity index (χ4n) is 1.67. The molecule has 6 heteroatoms. The number of pyridine rings is 1. The lowest BCUT2D eigenvalue weighted by molar-refractivity contribution is 0.0954. The number of aromatic nitrogens is 3. The van der Waals surface area contributed by atoms with Crippen LogP contribution in [0.15, 0.2) is 42.4 Å². The monoisotopic (exact) mass is 258 g/mol. The molecule has 0 aliphatic heterocycles. The molecule has 1 N–H and O–H groups in total. The third kappa shape index (κ3) is 2.10. The van der Waals surface area contributed by atoms with Gasteiger partial charge in [-0.2, -0.15) is 0 Å². The van der Waals surface area contributed by atoms with Gasteiger partial charge in [0.2, 0.25) is 0 Å². The van der Waals surface area contributed by atoms with Gasteiger partial charge in [0, 0.05) is 25.1 Å². The number of fused-ring (bicyclic) bond motifs is 1. The molecule has 0 saturated carbocycles. The predicted molar refractivity (Wildman–Crippen MR) is 68.5 cm³/mol. The van der Waals surface area contributed by atoms with Gasteiger partial charge in [-0.3, -0.25) is 9.78 Å².